The Morgan fingerprint density at radius 2 is 2.06 bits per heavy atom. The third-order valence-electron chi connectivity index (χ3n) is 2.82. The van der Waals surface area contributed by atoms with Gasteiger partial charge in [-0.2, -0.15) is 0 Å². The van der Waals surface area contributed by atoms with Crippen molar-refractivity contribution in [3.63, 3.8) is 0 Å². The van der Waals surface area contributed by atoms with Crippen molar-refractivity contribution in [2.45, 2.75) is 17.9 Å². The van der Waals surface area contributed by atoms with E-state index in [1.54, 1.807) is 19.1 Å². The van der Waals surface area contributed by atoms with E-state index in [1.165, 1.54) is 11.8 Å². The molecular weight excluding hydrogens is 248 g/mol. The van der Waals surface area contributed by atoms with Crippen LogP contribution in [0.4, 0.5) is 0 Å². The zero-order valence-corrected chi connectivity index (χ0v) is 11.9. The molecule has 0 bridgehead atoms. The van der Waals surface area contributed by atoms with Crippen molar-refractivity contribution in [1.29, 1.82) is 0 Å². The lowest BCUT2D eigenvalue weighted by Gasteiger charge is -2.23. The fourth-order valence-corrected chi connectivity index (χ4v) is 2.15. The molecule has 0 aliphatic heterocycles. The first-order valence-electron chi connectivity index (χ1n) is 5.81. The molecule has 1 aromatic rings. The number of methoxy groups -OCH3 is 1. The minimum absolute atomic E-state index is 0.0777. The average Bonchev–Trinajstić information content (AvgIpc) is 2.43. The highest BCUT2D eigenvalue weighted by atomic mass is 32.2. The van der Waals surface area contributed by atoms with Crippen molar-refractivity contribution < 1.29 is 9.53 Å². The third kappa shape index (κ3) is 4.23. The summed E-state index contributed by atoms with van der Waals surface area (Å²) in [5, 5.41) is 0. The minimum atomic E-state index is 0.0777. The van der Waals surface area contributed by atoms with E-state index in [9.17, 15) is 4.79 Å². The maximum absolute atomic E-state index is 11.9. The molecule has 1 rings (SSSR count). The number of thioether (sulfide) groups is 1. The molecule has 100 valence electrons. The zero-order valence-electron chi connectivity index (χ0n) is 11.1. The van der Waals surface area contributed by atoms with Gasteiger partial charge in [-0.05, 0) is 31.2 Å². The largest absolute Gasteiger partial charge is 0.497 e. The molecule has 2 N–H and O–H groups in total. The fraction of sp³-hybridized carbons (Fsp3) is 0.462. The fourth-order valence-electron chi connectivity index (χ4n) is 1.32. The molecule has 4 nitrogen and oxygen atoms in total. The van der Waals surface area contributed by atoms with Crippen molar-refractivity contribution >= 4 is 17.7 Å². The Morgan fingerprint density at radius 1 is 1.44 bits per heavy atom. The Hall–Kier alpha value is -1.20. The van der Waals surface area contributed by atoms with Crippen LogP contribution in [0.1, 0.15) is 6.92 Å². The molecule has 0 aromatic heterocycles. The number of carbonyl (C=O) groups excluding carboxylic acids is 1. The summed E-state index contributed by atoms with van der Waals surface area (Å²) >= 11 is 1.52. The number of carbonyl (C=O) groups is 1. The van der Waals surface area contributed by atoms with Crippen LogP contribution in [0.25, 0.3) is 0 Å². The summed E-state index contributed by atoms with van der Waals surface area (Å²) in [6.07, 6.45) is 0. The van der Waals surface area contributed by atoms with Gasteiger partial charge in [0.25, 0.3) is 0 Å². The van der Waals surface area contributed by atoms with Crippen molar-refractivity contribution in [1.82, 2.24) is 4.90 Å². The number of likely N-dealkylation sites (N-methyl/N-ethyl adjacent to an activating group) is 1. The van der Waals surface area contributed by atoms with Crippen LogP contribution in [0.5, 0.6) is 5.75 Å². The Kier molecular flexibility index (Phi) is 6.01. The lowest BCUT2D eigenvalue weighted by Crippen LogP contribution is -2.40. The van der Waals surface area contributed by atoms with E-state index in [4.69, 9.17) is 10.5 Å². The molecule has 5 heteroatoms. The molecule has 1 atom stereocenters. The summed E-state index contributed by atoms with van der Waals surface area (Å²) in [6.45, 7) is 2.42. The normalized spacial score (nSPS) is 12.0. The second kappa shape index (κ2) is 7.28. The maximum Gasteiger partial charge on any atom is 0.232 e. The maximum atomic E-state index is 11.9. The van der Waals surface area contributed by atoms with E-state index in [1.807, 2.05) is 31.2 Å². The van der Waals surface area contributed by atoms with Gasteiger partial charge >= 0.3 is 0 Å². The summed E-state index contributed by atoms with van der Waals surface area (Å²) in [5.41, 5.74) is 5.54. The van der Waals surface area contributed by atoms with Gasteiger partial charge in [0.2, 0.25) is 5.91 Å². The first kappa shape index (κ1) is 14.9. The highest BCUT2D eigenvalue weighted by Crippen LogP contribution is 2.21. The van der Waals surface area contributed by atoms with Gasteiger partial charge in [-0.3, -0.25) is 4.79 Å². The number of amides is 1. The van der Waals surface area contributed by atoms with Crippen LogP contribution in [-0.4, -0.2) is 43.3 Å². The van der Waals surface area contributed by atoms with E-state index in [-0.39, 0.29) is 11.9 Å². The molecule has 1 amide bonds. The standard InChI is InChI=1S/C13H20N2O2S/c1-10(8-14)15(2)13(16)9-18-12-6-4-11(17-3)5-7-12/h4-7,10H,8-9,14H2,1-3H3. The molecule has 0 radical (unpaired) electrons. The molecule has 0 spiro atoms. The molecule has 0 heterocycles. The van der Waals surface area contributed by atoms with Crippen LogP contribution in [0.2, 0.25) is 0 Å². The van der Waals surface area contributed by atoms with E-state index in [0.29, 0.717) is 12.3 Å². The smallest absolute Gasteiger partial charge is 0.232 e. The number of nitrogens with zero attached hydrogens (tertiary/aromatic N) is 1. The van der Waals surface area contributed by atoms with Gasteiger partial charge in [-0.25, -0.2) is 0 Å². The van der Waals surface area contributed by atoms with Gasteiger partial charge < -0.3 is 15.4 Å². The van der Waals surface area contributed by atoms with Crippen molar-refractivity contribution in [2.24, 2.45) is 5.73 Å². The van der Waals surface area contributed by atoms with Crippen molar-refractivity contribution in [2.75, 3.05) is 26.5 Å². The predicted molar refractivity (Wildman–Crippen MR) is 75.0 cm³/mol. The van der Waals surface area contributed by atoms with E-state index in [0.717, 1.165) is 10.6 Å². The molecule has 0 aliphatic rings. The third-order valence-corrected chi connectivity index (χ3v) is 3.81. The van der Waals surface area contributed by atoms with Gasteiger partial charge in [-0.15, -0.1) is 11.8 Å². The van der Waals surface area contributed by atoms with Crippen LogP contribution in [0, 0.1) is 0 Å². The molecule has 1 aromatic carbocycles. The molecule has 0 saturated carbocycles. The number of nitrogens with two attached hydrogens (primary N) is 1. The van der Waals surface area contributed by atoms with Crippen molar-refractivity contribution in [3.05, 3.63) is 24.3 Å². The Morgan fingerprint density at radius 3 is 2.56 bits per heavy atom. The summed E-state index contributed by atoms with van der Waals surface area (Å²) in [7, 11) is 3.42. The summed E-state index contributed by atoms with van der Waals surface area (Å²) in [4.78, 5) is 14.6. The van der Waals surface area contributed by atoms with Crippen LogP contribution in [-0.2, 0) is 4.79 Å². The first-order valence-corrected chi connectivity index (χ1v) is 6.79. The van der Waals surface area contributed by atoms with E-state index < -0.39 is 0 Å². The predicted octanol–water partition coefficient (Wildman–Crippen LogP) is 1.59. The highest BCUT2D eigenvalue weighted by Gasteiger charge is 2.14. The summed E-state index contributed by atoms with van der Waals surface area (Å²) < 4.78 is 5.08. The topological polar surface area (TPSA) is 55.6 Å². The highest BCUT2D eigenvalue weighted by molar-refractivity contribution is 8.00. The van der Waals surface area contributed by atoms with Gasteiger partial charge in [0.15, 0.2) is 0 Å². The molecular formula is C13H20N2O2S. The number of hydrogen-bond acceptors (Lipinski definition) is 4. The summed E-state index contributed by atoms with van der Waals surface area (Å²) in [6, 6.07) is 7.75. The Balaban J connectivity index is 2.46. The second-order valence-corrected chi connectivity index (χ2v) is 5.10. The molecule has 0 aliphatic carbocycles. The number of hydrogen-bond donors (Lipinski definition) is 1. The lowest BCUT2D eigenvalue weighted by atomic mass is 10.3. The summed E-state index contributed by atoms with van der Waals surface area (Å²) in [5.74, 6) is 1.33. The van der Waals surface area contributed by atoms with Crippen LogP contribution < -0.4 is 10.5 Å². The average molecular weight is 268 g/mol. The van der Waals surface area contributed by atoms with Gasteiger partial charge in [0, 0.05) is 24.5 Å². The SMILES string of the molecule is COc1ccc(SCC(=O)N(C)C(C)CN)cc1. The van der Waals surface area contributed by atoms with Gasteiger partial charge in [0.1, 0.15) is 5.75 Å². The Bertz CT molecular complexity index is 381. The minimum Gasteiger partial charge on any atom is -0.497 e. The number of rotatable bonds is 6. The number of benzene rings is 1. The van der Waals surface area contributed by atoms with Crippen LogP contribution in [0.3, 0.4) is 0 Å². The quantitative estimate of drug-likeness (QED) is 0.796. The second-order valence-electron chi connectivity index (χ2n) is 4.05. The van der Waals surface area contributed by atoms with Crippen molar-refractivity contribution in [3.8, 4) is 5.75 Å². The van der Waals surface area contributed by atoms with Gasteiger partial charge in [0.05, 0.1) is 12.9 Å². The molecule has 0 fully saturated rings. The zero-order chi connectivity index (χ0) is 13.5. The molecule has 1 unspecified atom stereocenters. The number of ether oxygens (including phenoxy) is 1. The molecule has 18 heavy (non-hydrogen) atoms. The van der Waals surface area contributed by atoms with E-state index >= 15 is 0 Å². The van der Waals surface area contributed by atoms with Crippen LogP contribution in [0.15, 0.2) is 29.2 Å². The monoisotopic (exact) mass is 268 g/mol. The van der Waals surface area contributed by atoms with Crippen LogP contribution >= 0.6 is 11.8 Å². The first-order chi connectivity index (χ1) is 8.58. The molecule has 0 saturated heterocycles. The van der Waals surface area contributed by atoms with E-state index in [2.05, 4.69) is 0 Å². The Labute approximate surface area is 112 Å². The lowest BCUT2D eigenvalue weighted by molar-refractivity contribution is -0.128. The van der Waals surface area contributed by atoms with Gasteiger partial charge in [-0.1, -0.05) is 0 Å².